The molecular formula is C15H17NO. The van der Waals surface area contributed by atoms with Crippen LogP contribution in [0.1, 0.15) is 35.8 Å². The summed E-state index contributed by atoms with van der Waals surface area (Å²) in [5.41, 5.74) is 4.84. The Morgan fingerprint density at radius 3 is 3.00 bits per heavy atom. The van der Waals surface area contributed by atoms with E-state index in [4.69, 9.17) is 0 Å². The smallest absolute Gasteiger partial charge is 0.0807 e. The van der Waals surface area contributed by atoms with Crippen LogP contribution in [0.15, 0.2) is 36.5 Å². The van der Waals surface area contributed by atoms with Crippen molar-refractivity contribution in [1.29, 1.82) is 0 Å². The van der Waals surface area contributed by atoms with Crippen molar-refractivity contribution in [3.8, 4) is 5.69 Å². The van der Waals surface area contributed by atoms with Crippen molar-refractivity contribution in [3.05, 3.63) is 53.3 Å². The minimum Gasteiger partial charge on any atom is -0.388 e. The van der Waals surface area contributed by atoms with E-state index in [1.807, 2.05) is 0 Å². The third-order valence-corrected chi connectivity index (χ3v) is 3.56. The predicted octanol–water partition coefficient (Wildman–Crippen LogP) is 3.16. The van der Waals surface area contributed by atoms with Crippen molar-refractivity contribution in [2.75, 3.05) is 0 Å². The van der Waals surface area contributed by atoms with Crippen LogP contribution >= 0.6 is 0 Å². The summed E-state index contributed by atoms with van der Waals surface area (Å²) in [4.78, 5) is 0. The van der Waals surface area contributed by atoms with Gasteiger partial charge in [-0.25, -0.2) is 0 Å². The lowest BCUT2D eigenvalue weighted by molar-refractivity contribution is 0.156. The lowest BCUT2D eigenvalue weighted by Gasteiger charge is -2.20. The van der Waals surface area contributed by atoms with Crippen molar-refractivity contribution >= 4 is 0 Å². The van der Waals surface area contributed by atoms with Crippen LogP contribution in [0.2, 0.25) is 0 Å². The normalized spacial score (nSPS) is 19.1. The number of aliphatic hydroxyl groups excluding tert-OH is 1. The largest absolute Gasteiger partial charge is 0.388 e. The number of fused-ring (bicyclic) bond motifs is 1. The third-order valence-electron chi connectivity index (χ3n) is 3.56. The third kappa shape index (κ3) is 1.79. The Morgan fingerprint density at radius 2 is 2.18 bits per heavy atom. The molecule has 17 heavy (non-hydrogen) atoms. The van der Waals surface area contributed by atoms with E-state index in [0.717, 1.165) is 24.8 Å². The van der Waals surface area contributed by atoms with E-state index in [9.17, 15) is 5.11 Å². The van der Waals surface area contributed by atoms with Gasteiger partial charge < -0.3 is 9.67 Å². The summed E-state index contributed by atoms with van der Waals surface area (Å²) in [5, 5.41) is 9.96. The zero-order valence-electron chi connectivity index (χ0n) is 10.1. The van der Waals surface area contributed by atoms with Gasteiger partial charge >= 0.3 is 0 Å². The number of rotatable bonds is 1. The molecular weight excluding hydrogens is 210 g/mol. The van der Waals surface area contributed by atoms with Gasteiger partial charge in [-0.1, -0.05) is 12.1 Å². The van der Waals surface area contributed by atoms with Gasteiger partial charge in [-0.2, -0.15) is 0 Å². The molecule has 1 heterocycles. The Bertz CT molecular complexity index is 542. The Balaban J connectivity index is 2.10. The highest BCUT2D eigenvalue weighted by molar-refractivity contribution is 5.41. The SMILES string of the molecule is Cc1cccc(-n2ccc3c2CCCC3O)c1. The molecule has 2 aromatic rings. The topological polar surface area (TPSA) is 25.2 Å². The second-order valence-electron chi connectivity index (χ2n) is 4.83. The summed E-state index contributed by atoms with van der Waals surface area (Å²) >= 11 is 0. The Labute approximate surface area is 102 Å². The van der Waals surface area contributed by atoms with Crippen molar-refractivity contribution in [2.45, 2.75) is 32.3 Å². The summed E-state index contributed by atoms with van der Waals surface area (Å²) in [6, 6.07) is 10.5. The Morgan fingerprint density at radius 1 is 1.29 bits per heavy atom. The van der Waals surface area contributed by atoms with Gasteiger partial charge in [0, 0.05) is 23.1 Å². The molecule has 1 unspecified atom stereocenters. The molecule has 1 aliphatic carbocycles. The molecule has 0 saturated carbocycles. The molecule has 0 fully saturated rings. The average molecular weight is 227 g/mol. The average Bonchev–Trinajstić information content (AvgIpc) is 2.74. The minimum absolute atomic E-state index is 0.273. The van der Waals surface area contributed by atoms with E-state index in [2.05, 4.69) is 48.0 Å². The fourth-order valence-corrected chi connectivity index (χ4v) is 2.69. The lowest BCUT2D eigenvalue weighted by Crippen LogP contribution is -2.10. The molecule has 0 saturated heterocycles. The summed E-state index contributed by atoms with van der Waals surface area (Å²) in [6.07, 6.45) is 4.83. The fourth-order valence-electron chi connectivity index (χ4n) is 2.69. The second-order valence-corrected chi connectivity index (χ2v) is 4.83. The van der Waals surface area contributed by atoms with Gasteiger partial charge in [0.1, 0.15) is 0 Å². The maximum absolute atomic E-state index is 9.96. The second kappa shape index (κ2) is 4.04. The van der Waals surface area contributed by atoms with Crippen LogP contribution < -0.4 is 0 Å². The first kappa shape index (κ1) is 10.6. The van der Waals surface area contributed by atoms with Crippen molar-refractivity contribution in [1.82, 2.24) is 4.57 Å². The van der Waals surface area contributed by atoms with Gasteiger partial charge in [-0.3, -0.25) is 0 Å². The van der Waals surface area contributed by atoms with E-state index >= 15 is 0 Å². The molecule has 0 spiro atoms. The van der Waals surface area contributed by atoms with Crippen molar-refractivity contribution in [3.63, 3.8) is 0 Å². The number of hydrogen-bond acceptors (Lipinski definition) is 1. The van der Waals surface area contributed by atoms with E-state index in [1.54, 1.807) is 0 Å². The van der Waals surface area contributed by atoms with Crippen LogP contribution in [-0.2, 0) is 6.42 Å². The molecule has 2 heteroatoms. The summed E-state index contributed by atoms with van der Waals surface area (Å²) in [5.74, 6) is 0. The summed E-state index contributed by atoms with van der Waals surface area (Å²) in [6.45, 7) is 2.11. The number of benzene rings is 1. The zero-order chi connectivity index (χ0) is 11.8. The molecule has 2 nitrogen and oxygen atoms in total. The molecule has 0 bridgehead atoms. The first-order valence-electron chi connectivity index (χ1n) is 6.21. The molecule has 3 rings (SSSR count). The number of aromatic nitrogens is 1. The molecule has 0 radical (unpaired) electrons. The molecule has 0 aliphatic heterocycles. The first-order chi connectivity index (χ1) is 8.25. The molecule has 1 atom stereocenters. The van der Waals surface area contributed by atoms with Gasteiger partial charge in [0.25, 0.3) is 0 Å². The molecule has 0 amide bonds. The van der Waals surface area contributed by atoms with Crippen LogP contribution in [0, 0.1) is 6.92 Å². The quantitative estimate of drug-likeness (QED) is 0.795. The molecule has 1 aromatic heterocycles. The fraction of sp³-hybridized carbons (Fsp3) is 0.333. The van der Waals surface area contributed by atoms with Crippen LogP contribution in [0.25, 0.3) is 5.69 Å². The van der Waals surface area contributed by atoms with E-state index in [1.165, 1.54) is 16.9 Å². The number of aryl methyl sites for hydroxylation is 1. The summed E-state index contributed by atoms with van der Waals surface area (Å²) < 4.78 is 2.21. The summed E-state index contributed by atoms with van der Waals surface area (Å²) in [7, 11) is 0. The van der Waals surface area contributed by atoms with E-state index in [-0.39, 0.29) is 6.10 Å². The highest BCUT2D eigenvalue weighted by atomic mass is 16.3. The van der Waals surface area contributed by atoms with Crippen molar-refractivity contribution in [2.24, 2.45) is 0 Å². The maximum Gasteiger partial charge on any atom is 0.0807 e. The Kier molecular flexibility index (Phi) is 2.52. The monoisotopic (exact) mass is 227 g/mol. The first-order valence-corrected chi connectivity index (χ1v) is 6.21. The van der Waals surface area contributed by atoms with E-state index in [0.29, 0.717) is 0 Å². The predicted molar refractivity (Wildman–Crippen MR) is 68.4 cm³/mol. The van der Waals surface area contributed by atoms with Gasteiger partial charge in [0.15, 0.2) is 0 Å². The van der Waals surface area contributed by atoms with Crippen molar-refractivity contribution < 1.29 is 5.11 Å². The number of nitrogens with zero attached hydrogens (tertiary/aromatic N) is 1. The van der Waals surface area contributed by atoms with E-state index < -0.39 is 0 Å². The van der Waals surface area contributed by atoms with Gasteiger partial charge in [-0.05, 0) is 49.9 Å². The van der Waals surface area contributed by atoms with Crippen LogP contribution in [0.5, 0.6) is 0 Å². The van der Waals surface area contributed by atoms with Crippen LogP contribution in [0.3, 0.4) is 0 Å². The van der Waals surface area contributed by atoms with Gasteiger partial charge in [-0.15, -0.1) is 0 Å². The number of aliphatic hydroxyl groups is 1. The minimum atomic E-state index is -0.273. The molecule has 1 N–H and O–H groups in total. The molecule has 1 aromatic carbocycles. The molecule has 88 valence electrons. The highest BCUT2D eigenvalue weighted by Gasteiger charge is 2.21. The van der Waals surface area contributed by atoms with Crippen LogP contribution in [0.4, 0.5) is 0 Å². The van der Waals surface area contributed by atoms with Crippen LogP contribution in [-0.4, -0.2) is 9.67 Å². The highest BCUT2D eigenvalue weighted by Crippen LogP contribution is 2.31. The lowest BCUT2D eigenvalue weighted by atomic mass is 9.95. The maximum atomic E-state index is 9.96. The standard InChI is InChI=1S/C15H17NO/c1-11-4-2-5-12(10-11)16-9-8-13-14(16)6-3-7-15(13)17/h2,4-5,8-10,15,17H,3,6-7H2,1H3. The van der Waals surface area contributed by atoms with Gasteiger partial charge in [0.2, 0.25) is 0 Å². The molecule has 1 aliphatic rings. The van der Waals surface area contributed by atoms with Gasteiger partial charge in [0.05, 0.1) is 6.10 Å². The zero-order valence-corrected chi connectivity index (χ0v) is 10.1. The Hall–Kier alpha value is -1.54. The number of hydrogen-bond donors (Lipinski definition) is 1.